The average Bonchev–Trinajstić information content (AvgIpc) is 3.41. The predicted octanol–water partition coefficient (Wildman–Crippen LogP) is 4.74. The summed E-state index contributed by atoms with van der Waals surface area (Å²) in [6.45, 7) is 1.95. The van der Waals surface area contributed by atoms with Gasteiger partial charge in [-0.15, -0.1) is 11.3 Å². The molecule has 0 spiro atoms. The molecule has 0 fully saturated rings. The SMILES string of the molecule is Cc1nc2cc(C(=O)Nc3ccc4nc(-c5cccs5)[nH]c4c3)ccc2n1C. The summed E-state index contributed by atoms with van der Waals surface area (Å²) in [4.78, 5) is 26.2. The van der Waals surface area contributed by atoms with E-state index in [9.17, 15) is 4.79 Å². The highest BCUT2D eigenvalue weighted by Gasteiger charge is 2.12. The van der Waals surface area contributed by atoms with Crippen molar-refractivity contribution < 1.29 is 4.79 Å². The fourth-order valence-corrected chi connectivity index (χ4v) is 3.95. The molecule has 0 aliphatic rings. The van der Waals surface area contributed by atoms with Gasteiger partial charge < -0.3 is 14.9 Å². The predicted molar refractivity (Wildman–Crippen MR) is 113 cm³/mol. The highest BCUT2D eigenvalue weighted by molar-refractivity contribution is 7.13. The van der Waals surface area contributed by atoms with Crippen molar-refractivity contribution in [3.63, 3.8) is 0 Å². The number of rotatable bonds is 3. The van der Waals surface area contributed by atoms with Crippen LogP contribution < -0.4 is 5.32 Å². The number of anilines is 1. The minimum absolute atomic E-state index is 0.164. The number of aromatic nitrogens is 4. The Kier molecular flexibility index (Phi) is 3.77. The highest BCUT2D eigenvalue weighted by Crippen LogP contribution is 2.26. The van der Waals surface area contributed by atoms with Crippen LogP contribution in [-0.2, 0) is 7.05 Å². The van der Waals surface area contributed by atoms with Crippen molar-refractivity contribution in [3.8, 4) is 10.7 Å². The van der Waals surface area contributed by atoms with E-state index >= 15 is 0 Å². The number of carbonyl (C=O) groups excluding carboxylic acids is 1. The minimum atomic E-state index is -0.164. The number of thiophene rings is 1. The van der Waals surface area contributed by atoms with Crippen LogP contribution in [0.25, 0.3) is 32.8 Å². The van der Waals surface area contributed by atoms with Crippen molar-refractivity contribution in [2.24, 2.45) is 7.05 Å². The van der Waals surface area contributed by atoms with E-state index in [0.29, 0.717) is 5.56 Å². The van der Waals surface area contributed by atoms with Crippen molar-refractivity contribution in [2.75, 3.05) is 5.32 Å². The largest absolute Gasteiger partial charge is 0.337 e. The zero-order valence-corrected chi connectivity index (χ0v) is 16.2. The van der Waals surface area contributed by atoms with E-state index in [1.807, 2.05) is 72.4 Å². The summed E-state index contributed by atoms with van der Waals surface area (Å²) >= 11 is 1.64. The van der Waals surface area contributed by atoms with Crippen molar-refractivity contribution in [1.29, 1.82) is 0 Å². The van der Waals surface area contributed by atoms with Gasteiger partial charge in [0.1, 0.15) is 11.6 Å². The van der Waals surface area contributed by atoms with E-state index in [1.165, 1.54) is 0 Å². The summed E-state index contributed by atoms with van der Waals surface area (Å²) in [5, 5.41) is 4.98. The number of hydrogen-bond acceptors (Lipinski definition) is 4. The van der Waals surface area contributed by atoms with Crippen LogP contribution in [-0.4, -0.2) is 25.4 Å². The maximum absolute atomic E-state index is 12.7. The molecule has 5 aromatic rings. The molecule has 0 aliphatic heterocycles. The summed E-state index contributed by atoms with van der Waals surface area (Å²) < 4.78 is 2.01. The number of fused-ring (bicyclic) bond motifs is 2. The molecule has 5 rings (SSSR count). The van der Waals surface area contributed by atoms with Gasteiger partial charge in [-0.05, 0) is 54.8 Å². The van der Waals surface area contributed by atoms with Gasteiger partial charge in [-0.2, -0.15) is 0 Å². The second kappa shape index (κ2) is 6.31. The maximum atomic E-state index is 12.7. The van der Waals surface area contributed by atoms with Gasteiger partial charge in [-0.1, -0.05) is 6.07 Å². The molecule has 7 heteroatoms. The zero-order chi connectivity index (χ0) is 19.3. The second-order valence-corrected chi connectivity index (χ2v) is 7.62. The fraction of sp³-hybridized carbons (Fsp3) is 0.0952. The van der Waals surface area contributed by atoms with E-state index in [4.69, 9.17) is 0 Å². The van der Waals surface area contributed by atoms with Crippen LogP contribution in [0.3, 0.4) is 0 Å². The van der Waals surface area contributed by atoms with Crippen LogP contribution in [0.15, 0.2) is 53.9 Å². The molecule has 0 unspecified atom stereocenters. The van der Waals surface area contributed by atoms with Gasteiger partial charge in [0, 0.05) is 18.3 Å². The van der Waals surface area contributed by atoms with Crippen LogP contribution >= 0.6 is 11.3 Å². The number of amides is 1. The molecule has 2 N–H and O–H groups in total. The third kappa shape index (κ3) is 2.76. The standard InChI is InChI=1S/C21H17N5OS/c1-12-22-17-10-13(5-8-18(17)26(12)2)21(27)23-14-6-7-15-16(11-14)25-20(24-15)19-4-3-9-28-19/h3-11H,1-2H3,(H,23,27)(H,24,25). The first-order valence-corrected chi connectivity index (χ1v) is 9.74. The Balaban J connectivity index is 1.43. The summed E-state index contributed by atoms with van der Waals surface area (Å²) in [5.41, 5.74) is 4.88. The average molecular weight is 387 g/mol. The monoisotopic (exact) mass is 387 g/mol. The first-order chi connectivity index (χ1) is 13.6. The molecular weight excluding hydrogens is 370 g/mol. The zero-order valence-electron chi connectivity index (χ0n) is 15.4. The molecule has 6 nitrogen and oxygen atoms in total. The lowest BCUT2D eigenvalue weighted by molar-refractivity contribution is 0.102. The van der Waals surface area contributed by atoms with E-state index in [2.05, 4.69) is 20.3 Å². The van der Waals surface area contributed by atoms with Crippen LogP contribution in [0.1, 0.15) is 16.2 Å². The fourth-order valence-electron chi connectivity index (χ4n) is 3.28. The van der Waals surface area contributed by atoms with Crippen molar-refractivity contribution >= 4 is 45.0 Å². The van der Waals surface area contributed by atoms with Crippen LogP contribution in [0.2, 0.25) is 0 Å². The minimum Gasteiger partial charge on any atom is -0.337 e. The lowest BCUT2D eigenvalue weighted by Gasteiger charge is -2.05. The lowest BCUT2D eigenvalue weighted by Crippen LogP contribution is -2.11. The number of carbonyl (C=O) groups is 1. The Bertz CT molecular complexity index is 1330. The Morgan fingerprint density at radius 2 is 2.00 bits per heavy atom. The van der Waals surface area contributed by atoms with E-state index in [1.54, 1.807) is 11.3 Å². The van der Waals surface area contributed by atoms with Crippen LogP contribution in [0.5, 0.6) is 0 Å². The molecule has 3 aromatic heterocycles. The van der Waals surface area contributed by atoms with Crippen molar-refractivity contribution in [3.05, 3.63) is 65.3 Å². The van der Waals surface area contributed by atoms with E-state index in [-0.39, 0.29) is 5.91 Å². The Labute approximate surface area is 164 Å². The van der Waals surface area contributed by atoms with Gasteiger partial charge in [0.05, 0.1) is 26.9 Å². The Morgan fingerprint density at radius 3 is 2.82 bits per heavy atom. The van der Waals surface area contributed by atoms with Gasteiger partial charge in [-0.3, -0.25) is 4.79 Å². The smallest absolute Gasteiger partial charge is 0.255 e. The van der Waals surface area contributed by atoms with Crippen LogP contribution in [0.4, 0.5) is 5.69 Å². The third-order valence-electron chi connectivity index (χ3n) is 4.86. The molecule has 0 saturated carbocycles. The molecule has 138 valence electrons. The summed E-state index contributed by atoms with van der Waals surface area (Å²) in [6, 6.07) is 15.3. The second-order valence-electron chi connectivity index (χ2n) is 6.67. The van der Waals surface area contributed by atoms with Gasteiger partial charge in [0.2, 0.25) is 0 Å². The van der Waals surface area contributed by atoms with Crippen molar-refractivity contribution in [1.82, 2.24) is 19.5 Å². The molecule has 0 aliphatic carbocycles. The van der Waals surface area contributed by atoms with Crippen LogP contribution in [0, 0.1) is 6.92 Å². The number of aryl methyl sites for hydroxylation is 2. The summed E-state index contributed by atoms with van der Waals surface area (Å²) in [7, 11) is 1.97. The van der Waals surface area contributed by atoms with Gasteiger partial charge in [0.25, 0.3) is 5.91 Å². The van der Waals surface area contributed by atoms with Crippen molar-refractivity contribution in [2.45, 2.75) is 6.92 Å². The van der Waals surface area contributed by atoms with Gasteiger partial charge in [0.15, 0.2) is 0 Å². The quantitative estimate of drug-likeness (QED) is 0.469. The molecule has 1 amide bonds. The number of hydrogen-bond donors (Lipinski definition) is 2. The first-order valence-electron chi connectivity index (χ1n) is 8.86. The van der Waals surface area contributed by atoms with E-state index in [0.717, 1.165) is 44.3 Å². The molecule has 2 aromatic carbocycles. The topological polar surface area (TPSA) is 75.6 Å². The number of nitrogens with zero attached hydrogens (tertiary/aromatic N) is 3. The third-order valence-corrected chi connectivity index (χ3v) is 5.74. The van der Waals surface area contributed by atoms with E-state index < -0.39 is 0 Å². The molecular formula is C21H17N5OS. The first kappa shape index (κ1) is 16.7. The number of benzene rings is 2. The number of nitrogens with one attached hydrogen (secondary N) is 2. The number of imidazole rings is 2. The molecule has 28 heavy (non-hydrogen) atoms. The Morgan fingerprint density at radius 1 is 1.11 bits per heavy atom. The lowest BCUT2D eigenvalue weighted by atomic mass is 10.1. The number of H-pyrrole nitrogens is 1. The molecule has 0 radical (unpaired) electrons. The maximum Gasteiger partial charge on any atom is 0.255 e. The molecule has 0 saturated heterocycles. The normalized spacial score (nSPS) is 11.4. The summed E-state index contributed by atoms with van der Waals surface area (Å²) in [6.07, 6.45) is 0. The molecule has 0 bridgehead atoms. The summed E-state index contributed by atoms with van der Waals surface area (Å²) in [5.74, 6) is 1.59. The number of aromatic amines is 1. The molecule has 0 atom stereocenters. The van der Waals surface area contributed by atoms with Gasteiger partial charge in [-0.25, -0.2) is 9.97 Å². The molecule has 3 heterocycles. The highest BCUT2D eigenvalue weighted by atomic mass is 32.1. The van der Waals surface area contributed by atoms with Gasteiger partial charge >= 0.3 is 0 Å². The Hall–Kier alpha value is -3.45.